The van der Waals surface area contributed by atoms with Crippen LogP contribution in [0.15, 0.2) is 30.3 Å². The van der Waals surface area contributed by atoms with Gasteiger partial charge in [0.05, 0.1) is 34.0 Å². The number of carbonyl (C=O) groups is 1. The molecule has 0 saturated heterocycles. The second-order valence-corrected chi connectivity index (χ2v) is 8.17. The summed E-state index contributed by atoms with van der Waals surface area (Å²) in [6.45, 7) is 0. The van der Waals surface area contributed by atoms with Crippen molar-refractivity contribution in [1.29, 1.82) is 0 Å². The Morgan fingerprint density at radius 3 is 1.82 bits per heavy atom. The Morgan fingerprint density at radius 2 is 1.30 bits per heavy atom. The van der Waals surface area contributed by atoms with Crippen molar-refractivity contribution in [3.05, 3.63) is 41.5 Å². The topological polar surface area (TPSA) is 74.2 Å². The molecule has 33 heavy (non-hydrogen) atoms. The predicted molar refractivity (Wildman–Crippen MR) is 130 cm³/mol. The number of hydrogen-bond acceptors (Lipinski definition) is 6. The number of Topliss-reactive ketones (excluding diaryl/α,β-unsaturated/α-hetero) is 1. The Kier molecular flexibility index (Phi) is 11.4. The average Bonchev–Trinajstić information content (AvgIpc) is 2.83. The average molecular weight is 459 g/mol. The predicted octanol–water partition coefficient (Wildman–Crippen LogP) is 6.36. The molecule has 0 aliphatic carbocycles. The molecule has 0 aliphatic heterocycles. The summed E-state index contributed by atoms with van der Waals surface area (Å²) in [6.07, 6.45) is 10.4. The van der Waals surface area contributed by atoms with Crippen LogP contribution in [0.2, 0.25) is 0 Å². The summed E-state index contributed by atoms with van der Waals surface area (Å²) in [5.41, 5.74) is 1.57. The molecule has 0 spiro atoms. The molecule has 6 nitrogen and oxygen atoms in total. The number of aryl methyl sites for hydroxylation is 1. The summed E-state index contributed by atoms with van der Waals surface area (Å²) in [5, 5.41) is 9.97. The Balaban J connectivity index is 1.57. The number of phenolic OH excluding ortho intramolecular Hbond substituents is 1. The first kappa shape index (κ1) is 26.4. The van der Waals surface area contributed by atoms with Crippen LogP contribution in [-0.4, -0.2) is 39.3 Å². The van der Waals surface area contributed by atoms with E-state index in [1.54, 1.807) is 33.5 Å². The fourth-order valence-corrected chi connectivity index (χ4v) is 3.96. The summed E-state index contributed by atoms with van der Waals surface area (Å²) in [5.74, 6) is 2.56. The molecule has 6 heteroatoms. The minimum absolute atomic E-state index is 0.00845. The van der Waals surface area contributed by atoms with Gasteiger partial charge in [0.25, 0.3) is 0 Å². The first-order chi connectivity index (χ1) is 16.0. The van der Waals surface area contributed by atoms with Crippen molar-refractivity contribution in [2.24, 2.45) is 0 Å². The Bertz CT molecular complexity index is 852. The van der Waals surface area contributed by atoms with E-state index in [0.717, 1.165) is 32.1 Å². The second kappa shape index (κ2) is 14.3. The van der Waals surface area contributed by atoms with Crippen molar-refractivity contribution in [2.45, 2.75) is 64.2 Å². The number of benzene rings is 2. The molecule has 0 amide bonds. The zero-order chi connectivity index (χ0) is 24.1. The molecule has 2 aromatic carbocycles. The summed E-state index contributed by atoms with van der Waals surface area (Å²) >= 11 is 0. The standard InChI is InChI=1S/C27H38O6/c1-30-21-15-16-22(24(29)19-21)23(28)14-12-10-8-6-5-7-9-11-13-20-17-25(31-2)27(33-4)26(18-20)32-3/h15-19,29H,5-14H2,1-4H3. The highest BCUT2D eigenvalue weighted by Crippen LogP contribution is 2.38. The van der Waals surface area contributed by atoms with Crippen molar-refractivity contribution in [1.82, 2.24) is 0 Å². The molecule has 0 aliphatic rings. The molecular weight excluding hydrogens is 420 g/mol. The SMILES string of the molecule is COc1ccc(C(=O)CCCCCCCCCCc2cc(OC)c(OC)c(OC)c2)c(O)c1. The fraction of sp³-hybridized carbons (Fsp3) is 0.519. The van der Waals surface area contributed by atoms with Crippen LogP contribution in [0.3, 0.4) is 0 Å². The van der Waals surface area contributed by atoms with Gasteiger partial charge in [0.15, 0.2) is 17.3 Å². The van der Waals surface area contributed by atoms with E-state index in [9.17, 15) is 9.90 Å². The Hall–Kier alpha value is -2.89. The molecule has 0 heterocycles. The van der Waals surface area contributed by atoms with Crippen molar-refractivity contribution in [3.8, 4) is 28.7 Å². The first-order valence-electron chi connectivity index (χ1n) is 11.7. The smallest absolute Gasteiger partial charge is 0.203 e. The number of hydrogen-bond donors (Lipinski definition) is 1. The van der Waals surface area contributed by atoms with Crippen LogP contribution < -0.4 is 18.9 Å². The lowest BCUT2D eigenvalue weighted by Gasteiger charge is -2.14. The molecule has 182 valence electrons. The van der Waals surface area contributed by atoms with E-state index < -0.39 is 0 Å². The lowest BCUT2D eigenvalue weighted by atomic mass is 10.0. The van der Waals surface area contributed by atoms with Gasteiger partial charge in [-0.2, -0.15) is 0 Å². The molecule has 2 rings (SSSR count). The van der Waals surface area contributed by atoms with Gasteiger partial charge in [0.2, 0.25) is 5.75 Å². The largest absolute Gasteiger partial charge is 0.507 e. The number of ketones is 1. The molecule has 0 bridgehead atoms. The summed E-state index contributed by atoms with van der Waals surface area (Å²) in [6, 6.07) is 8.86. The van der Waals surface area contributed by atoms with Gasteiger partial charge in [-0.15, -0.1) is 0 Å². The normalized spacial score (nSPS) is 10.7. The third kappa shape index (κ3) is 8.19. The van der Waals surface area contributed by atoms with Crippen LogP contribution in [-0.2, 0) is 6.42 Å². The van der Waals surface area contributed by atoms with E-state index in [1.807, 2.05) is 12.1 Å². The highest BCUT2D eigenvalue weighted by molar-refractivity contribution is 5.98. The lowest BCUT2D eigenvalue weighted by molar-refractivity contribution is 0.0976. The van der Waals surface area contributed by atoms with Gasteiger partial charge >= 0.3 is 0 Å². The molecular formula is C27H38O6. The van der Waals surface area contributed by atoms with Crippen molar-refractivity contribution >= 4 is 5.78 Å². The second-order valence-electron chi connectivity index (χ2n) is 8.17. The lowest BCUT2D eigenvalue weighted by Crippen LogP contribution is -2.00. The zero-order valence-electron chi connectivity index (χ0n) is 20.4. The van der Waals surface area contributed by atoms with Crippen LogP contribution in [0.5, 0.6) is 28.7 Å². The van der Waals surface area contributed by atoms with Crippen molar-refractivity contribution < 1.29 is 28.8 Å². The number of unbranched alkanes of at least 4 members (excludes halogenated alkanes) is 7. The van der Waals surface area contributed by atoms with Crippen LogP contribution in [0.4, 0.5) is 0 Å². The number of rotatable bonds is 16. The first-order valence-corrected chi connectivity index (χ1v) is 11.7. The van der Waals surface area contributed by atoms with Gasteiger partial charge in [-0.1, -0.05) is 38.5 Å². The number of carbonyl (C=O) groups excluding carboxylic acids is 1. The maximum absolute atomic E-state index is 12.3. The zero-order valence-corrected chi connectivity index (χ0v) is 20.4. The van der Waals surface area contributed by atoms with E-state index in [0.29, 0.717) is 35.0 Å². The number of ether oxygens (including phenoxy) is 4. The Morgan fingerprint density at radius 1 is 0.727 bits per heavy atom. The van der Waals surface area contributed by atoms with E-state index in [1.165, 1.54) is 44.4 Å². The Labute approximate surface area is 197 Å². The van der Waals surface area contributed by atoms with Gasteiger partial charge in [-0.3, -0.25) is 4.79 Å². The molecule has 0 saturated carbocycles. The van der Waals surface area contributed by atoms with Crippen LogP contribution in [0.1, 0.15) is 73.7 Å². The monoisotopic (exact) mass is 458 g/mol. The van der Waals surface area contributed by atoms with E-state index in [-0.39, 0.29) is 11.5 Å². The number of methoxy groups -OCH3 is 4. The molecule has 0 fully saturated rings. The highest BCUT2D eigenvalue weighted by Gasteiger charge is 2.13. The molecule has 2 aromatic rings. The van der Waals surface area contributed by atoms with Crippen LogP contribution >= 0.6 is 0 Å². The maximum atomic E-state index is 12.3. The molecule has 1 N–H and O–H groups in total. The number of aromatic hydroxyl groups is 1. The highest BCUT2D eigenvalue weighted by atomic mass is 16.5. The molecule has 0 atom stereocenters. The molecule has 0 radical (unpaired) electrons. The van der Waals surface area contributed by atoms with E-state index in [2.05, 4.69) is 0 Å². The van der Waals surface area contributed by atoms with Crippen LogP contribution in [0.25, 0.3) is 0 Å². The van der Waals surface area contributed by atoms with E-state index in [4.69, 9.17) is 18.9 Å². The van der Waals surface area contributed by atoms with E-state index >= 15 is 0 Å². The minimum Gasteiger partial charge on any atom is -0.507 e. The third-order valence-electron chi connectivity index (χ3n) is 5.85. The third-order valence-corrected chi connectivity index (χ3v) is 5.85. The van der Waals surface area contributed by atoms with Gasteiger partial charge < -0.3 is 24.1 Å². The fourth-order valence-electron chi connectivity index (χ4n) is 3.96. The number of phenols is 1. The van der Waals surface area contributed by atoms with Crippen molar-refractivity contribution in [2.75, 3.05) is 28.4 Å². The van der Waals surface area contributed by atoms with Gasteiger partial charge in [-0.05, 0) is 49.1 Å². The summed E-state index contributed by atoms with van der Waals surface area (Å²) < 4.78 is 21.3. The van der Waals surface area contributed by atoms with Crippen LogP contribution in [0, 0.1) is 0 Å². The molecule has 0 unspecified atom stereocenters. The minimum atomic E-state index is -0.0121. The van der Waals surface area contributed by atoms with Gasteiger partial charge in [-0.25, -0.2) is 0 Å². The van der Waals surface area contributed by atoms with Gasteiger partial charge in [0, 0.05) is 12.5 Å². The van der Waals surface area contributed by atoms with Crippen molar-refractivity contribution in [3.63, 3.8) is 0 Å². The van der Waals surface area contributed by atoms with Gasteiger partial charge in [0.1, 0.15) is 11.5 Å². The maximum Gasteiger partial charge on any atom is 0.203 e. The summed E-state index contributed by atoms with van der Waals surface area (Å²) in [4.78, 5) is 12.3. The molecule has 0 aromatic heterocycles. The summed E-state index contributed by atoms with van der Waals surface area (Å²) in [7, 11) is 6.43. The quantitative estimate of drug-likeness (QED) is 0.233.